The quantitative estimate of drug-likeness (QED) is 0.651. The number of phenolic OH excluding ortho intramolecular Hbond substituents is 1. The van der Waals surface area contributed by atoms with Crippen molar-refractivity contribution in [2.24, 2.45) is 7.05 Å². The molecule has 0 spiro atoms. The van der Waals surface area contributed by atoms with Gasteiger partial charge in [0.05, 0.1) is 5.75 Å². The number of para-hydroxylation sites is 1. The predicted octanol–water partition coefficient (Wildman–Crippen LogP) is 3.48. The molecule has 7 heteroatoms. The number of carbonyl (C=O) groups excluding carboxylic acids is 1. The second-order valence-corrected chi connectivity index (χ2v) is 6.70. The van der Waals surface area contributed by atoms with Crippen molar-refractivity contribution in [1.29, 1.82) is 0 Å². The number of benzene rings is 2. The van der Waals surface area contributed by atoms with E-state index in [0.717, 1.165) is 23.2 Å². The summed E-state index contributed by atoms with van der Waals surface area (Å²) >= 11 is 1.33. The predicted molar refractivity (Wildman–Crippen MR) is 103 cm³/mol. The van der Waals surface area contributed by atoms with Crippen LogP contribution >= 0.6 is 11.8 Å². The monoisotopic (exact) mass is 368 g/mol. The first kappa shape index (κ1) is 18.0. The van der Waals surface area contributed by atoms with E-state index in [-0.39, 0.29) is 17.4 Å². The lowest BCUT2D eigenvalue weighted by Gasteiger charge is -2.09. The summed E-state index contributed by atoms with van der Waals surface area (Å²) < 4.78 is 1.84. The molecular formula is C19H20N4O2S. The van der Waals surface area contributed by atoms with Gasteiger partial charge in [-0.25, -0.2) is 0 Å². The number of rotatable bonds is 6. The molecule has 0 aliphatic heterocycles. The number of carbonyl (C=O) groups is 1. The average Bonchev–Trinajstić information content (AvgIpc) is 3.02. The van der Waals surface area contributed by atoms with Crippen LogP contribution in [0, 0.1) is 0 Å². The van der Waals surface area contributed by atoms with Crippen LogP contribution in [0.4, 0.5) is 5.69 Å². The van der Waals surface area contributed by atoms with Gasteiger partial charge in [0.2, 0.25) is 5.91 Å². The van der Waals surface area contributed by atoms with Crippen LogP contribution in [0.2, 0.25) is 0 Å². The van der Waals surface area contributed by atoms with Crippen LogP contribution in [0.5, 0.6) is 5.75 Å². The number of aromatic hydroxyl groups is 1. The number of thioether (sulfide) groups is 1. The molecule has 0 saturated carbocycles. The lowest BCUT2D eigenvalue weighted by atomic mass is 10.1. The number of hydrogen-bond donors (Lipinski definition) is 2. The van der Waals surface area contributed by atoms with E-state index in [1.165, 1.54) is 11.8 Å². The first-order valence-electron chi connectivity index (χ1n) is 8.28. The maximum atomic E-state index is 12.3. The Morgan fingerprint density at radius 2 is 1.88 bits per heavy atom. The first-order valence-corrected chi connectivity index (χ1v) is 9.26. The van der Waals surface area contributed by atoms with Crippen molar-refractivity contribution in [3.05, 3.63) is 54.1 Å². The Hall–Kier alpha value is -2.80. The minimum absolute atomic E-state index is 0.0786. The van der Waals surface area contributed by atoms with Crippen LogP contribution in [0.3, 0.4) is 0 Å². The minimum atomic E-state index is -0.0786. The topological polar surface area (TPSA) is 80.0 Å². The van der Waals surface area contributed by atoms with Gasteiger partial charge in [-0.1, -0.05) is 36.9 Å². The number of anilines is 1. The number of nitrogens with zero attached hydrogens (tertiary/aromatic N) is 3. The van der Waals surface area contributed by atoms with Gasteiger partial charge in [-0.15, -0.1) is 10.2 Å². The molecule has 0 aliphatic carbocycles. The van der Waals surface area contributed by atoms with Crippen LogP contribution in [0.1, 0.15) is 12.5 Å². The van der Waals surface area contributed by atoms with Crippen molar-refractivity contribution >= 4 is 23.4 Å². The van der Waals surface area contributed by atoms with Gasteiger partial charge in [-0.3, -0.25) is 4.79 Å². The fourth-order valence-corrected chi connectivity index (χ4v) is 3.28. The average molecular weight is 368 g/mol. The Labute approximate surface area is 156 Å². The van der Waals surface area contributed by atoms with E-state index in [2.05, 4.69) is 22.4 Å². The zero-order chi connectivity index (χ0) is 18.5. The number of phenols is 1. The molecule has 1 heterocycles. The van der Waals surface area contributed by atoms with E-state index in [1.54, 1.807) is 24.3 Å². The zero-order valence-corrected chi connectivity index (χ0v) is 15.5. The van der Waals surface area contributed by atoms with Crippen LogP contribution in [-0.2, 0) is 18.3 Å². The highest BCUT2D eigenvalue weighted by atomic mass is 32.2. The van der Waals surface area contributed by atoms with Crippen molar-refractivity contribution < 1.29 is 9.90 Å². The van der Waals surface area contributed by atoms with Crippen LogP contribution in [-0.4, -0.2) is 31.5 Å². The molecule has 2 aromatic carbocycles. The molecule has 0 saturated heterocycles. The van der Waals surface area contributed by atoms with Crippen molar-refractivity contribution in [2.45, 2.75) is 18.5 Å². The fourth-order valence-electron chi connectivity index (χ4n) is 2.57. The fraction of sp³-hybridized carbons (Fsp3) is 0.211. The Bertz CT molecular complexity index is 906. The van der Waals surface area contributed by atoms with E-state index < -0.39 is 0 Å². The van der Waals surface area contributed by atoms with Gasteiger partial charge in [0, 0.05) is 18.3 Å². The SMILES string of the molecule is CCc1ccccc1NC(=O)CSc1nnc(-c2ccc(O)cc2)n1C. The molecule has 1 aromatic heterocycles. The molecule has 0 radical (unpaired) electrons. The Morgan fingerprint density at radius 3 is 2.62 bits per heavy atom. The van der Waals surface area contributed by atoms with Crippen LogP contribution in [0.15, 0.2) is 53.7 Å². The number of amides is 1. The smallest absolute Gasteiger partial charge is 0.234 e. The highest BCUT2D eigenvalue weighted by molar-refractivity contribution is 7.99. The van der Waals surface area contributed by atoms with Crippen molar-refractivity contribution in [3.63, 3.8) is 0 Å². The summed E-state index contributed by atoms with van der Waals surface area (Å²) in [5.74, 6) is 1.06. The van der Waals surface area contributed by atoms with Gasteiger partial charge in [0.25, 0.3) is 0 Å². The second kappa shape index (κ2) is 8.05. The van der Waals surface area contributed by atoms with Gasteiger partial charge in [-0.2, -0.15) is 0 Å². The van der Waals surface area contributed by atoms with E-state index in [1.807, 2.05) is 35.9 Å². The third-order valence-corrected chi connectivity index (χ3v) is 4.99. The van der Waals surface area contributed by atoms with E-state index in [9.17, 15) is 9.90 Å². The summed E-state index contributed by atoms with van der Waals surface area (Å²) in [5.41, 5.74) is 2.81. The molecule has 6 nitrogen and oxygen atoms in total. The Morgan fingerprint density at radius 1 is 1.15 bits per heavy atom. The van der Waals surface area contributed by atoms with Crippen molar-refractivity contribution in [1.82, 2.24) is 14.8 Å². The summed E-state index contributed by atoms with van der Waals surface area (Å²) in [5, 5.41) is 21.3. The third-order valence-electron chi connectivity index (χ3n) is 3.97. The summed E-state index contributed by atoms with van der Waals surface area (Å²) in [4.78, 5) is 12.3. The van der Waals surface area contributed by atoms with Gasteiger partial charge < -0.3 is 15.0 Å². The summed E-state index contributed by atoms with van der Waals surface area (Å²) in [7, 11) is 1.86. The van der Waals surface area contributed by atoms with Crippen molar-refractivity contribution in [2.75, 3.05) is 11.1 Å². The third kappa shape index (κ3) is 4.05. The molecule has 0 aliphatic rings. The lowest BCUT2D eigenvalue weighted by molar-refractivity contribution is -0.113. The van der Waals surface area contributed by atoms with Gasteiger partial charge in [-0.05, 0) is 42.3 Å². The normalized spacial score (nSPS) is 10.7. The highest BCUT2D eigenvalue weighted by Crippen LogP contribution is 2.24. The van der Waals surface area contributed by atoms with E-state index in [0.29, 0.717) is 11.0 Å². The molecule has 26 heavy (non-hydrogen) atoms. The standard InChI is InChI=1S/C19H20N4O2S/c1-3-13-6-4-5-7-16(13)20-17(25)12-26-19-22-21-18(23(19)2)14-8-10-15(24)11-9-14/h4-11,24H,3,12H2,1-2H3,(H,20,25). The highest BCUT2D eigenvalue weighted by Gasteiger charge is 2.13. The largest absolute Gasteiger partial charge is 0.508 e. The Kier molecular flexibility index (Phi) is 5.58. The zero-order valence-electron chi connectivity index (χ0n) is 14.6. The molecule has 3 rings (SSSR count). The number of aromatic nitrogens is 3. The molecule has 134 valence electrons. The van der Waals surface area contributed by atoms with E-state index >= 15 is 0 Å². The molecule has 0 atom stereocenters. The first-order chi connectivity index (χ1) is 12.6. The summed E-state index contributed by atoms with van der Waals surface area (Å²) in [6.07, 6.45) is 0.864. The number of nitrogens with one attached hydrogen (secondary N) is 1. The summed E-state index contributed by atoms with van der Waals surface area (Å²) in [6.45, 7) is 2.06. The lowest BCUT2D eigenvalue weighted by Crippen LogP contribution is -2.15. The van der Waals surface area contributed by atoms with Crippen LogP contribution in [0.25, 0.3) is 11.4 Å². The second-order valence-electron chi connectivity index (χ2n) is 5.76. The van der Waals surface area contributed by atoms with Gasteiger partial charge in [0.15, 0.2) is 11.0 Å². The molecule has 0 unspecified atom stereocenters. The van der Waals surface area contributed by atoms with Gasteiger partial charge >= 0.3 is 0 Å². The summed E-state index contributed by atoms with van der Waals surface area (Å²) in [6, 6.07) is 14.6. The maximum absolute atomic E-state index is 12.3. The molecular weight excluding hydrogens is 348 g/mol. The molecule has 1 amide bonds. The molecule has 0 fully saturated rings. The molecule has 0 bridgehead atoms. The molecule has 3 aromatic rings. The van der Waals surface area contributed by atoms with Crippen LogP contribution < -0.4 is 5.32 Å². The van der Waals surface area contributed by atoms with Crippen molar-refractivity contribution in [3.8, 4) is 17.1 Å². The minimum Gasteiger partial charge on any atom is -0.508 e. The maximum Gasteiger partial charge on any atom is 0.234 e. The molecule has 2 N–H and O–H groups in total. The number of hydrogen-bond acceptors (Lipinski definition) is 5. The number of aryl methyl sites for hydroxylation is 1. The Balaban J connectivity index is 1.65. The van der Waals surface area contributed by atoms with Gasteiger partial charge in [0.1, 0.15) is 5.75 Å². The van der Waals surface area contributed by atoms with E-state index in [4.69, 9.17) is 0 Å².